The number of carbonyl (C=O) groups is 2. The Kier molecular flexibility index (Phi) is 5.21. The number of benzene rings is 2. The minimum atomic E-state index is -0.608. The van der Waals surface area contributed by atoms with Crippen LogP contribution in [0, 0.1) is 0 Å². The second-order valence-electron chi connectivity index (χ2n) is 6.81. The van der Waals surface area contributed by atoms with Gasteiger partial charge in [0.1, 0.15) is 5.92 Å². The van der Waals surface area contributed by atoms with Gasteiger partial charge in [0, 0.05) is 11.1 Å². The number of carbonyl (C=O) groups excluding carboxylic acids is 2. The van der Waals surface area contributed by atoms with Gasteiger partial charge in [-0.3, -0.25) is 9.59 Å². The zero-order valence-electron chi connectivity index (χ0n) is 16.0. The molecule has 1 atom stereocenters. The molecule has 29 heavy (non-hydrogen) atoms. The van der Waals surface area contributed by atoms with Crippen LogP contribution in [0.3, 0.4) is 0 Å². The van der Waals surface area contributed by atoms with Gasteiger partial charge < -0.3 is 4.74 Å². The number of hydrogen-bond acceptors (Lipinski definition) is 3. The fraction of sp³-hybridized carbons (Fsp3) is 0.0769. The van der Waals surface area contributed by atoms with Crippen molar-refractivity contribution in [2.24, 2.45) is 0 Å². The first-order valence-electron chi connectivity index (χ1n) is 9.45. The number of fused-ring (bicyclic) bond motifs is 1. The van der Waals surface area contributed by atoms with Crippen LogP contribution in [0.4, 0.5) is 0 Å². The molecule has 3 heteroatoms. The Morgan fingerprint density at radius 3 is 1.90 bits per heavy atom. The molecule has 2 aliphatic carbocycles. The minimum absolute atomic E-state index is 0.0651. The van der Waals surface area contributed by atoms with Crippen molar-refractivity contribution in [3.63, 3.8) is 0 Å². The van der Waals surface area contributed by atoms with Crippen LogP contribution in [0.25, 0.3) is 11.1 Å². The van der Waals surface area contributed by atoms with Crippen molar-refractivity contribution in [3.05, 3.63) is 119 Å². The molecule has 0 heterocycles. The average Bonchev–Trinajstić information content (AvgIpc) is 2.95. The van der Waals surface area contributed by atoms with Gasteiger partial charge >= 0.3 is 5.97 Å². The monoisotopic (exact) mass is 380 g/mol. The molecule has 0 N–H and O–H groups in total. The summed E-state index contributed by atoms with van der Waals surface area (Å²) in [6, 6.07) is 30.1. The van der Waals surface area contributed by atoms with Gasteiger partial charge in [-0.05, 0) is 28.3 Å². The van der Waals surface area contributed by atoms with Gasteiger partial charge in [-0.25, -0.2) is 0 Å². The number of ether oxygens (including phenoxy) is 1. The van der Waals surface area contributed by atoms with Crippen molar-refractivity contribution in [3.8, 4) is 11.1 Å². The van der Waals surface area contributed by atoms with Gasteiger partial charge in [0.2, 0.25) is 0 Å². The van der Waals surface area contributed by atoms with Crippen molar-refractivity contribution < 1.29 is 14.3 Å². The van der Waals surface area contributed by atoms with Crippen LogP contribution in [0.1, 0.15) is 33.0 Å². The van der Waals surface area contributed by atoms with E-state index in [0.29, 0.717) is 11.1 Å². The molecule has 0 saturated carbocycles. The summed E-state index contributed by atoms with van der Waals surface area (Å²) in [6.07, 6.45) is 0. The van der Waals surface area contributed by atoms with Crippen molar-refractivity contribution in [1.29, 1.82) is 0 Å². The Balaban J connectivity index is 1.93. The average molecular weight is 380 g/mol. The lowest BCUT2D eigenvalue weighted by Gasteiger charge is -2.15. The largest absolute Gasteiger partial charge is 0.468 e. The normalized spacial score (nSPS) is 11.8. The van der Waals surface area contributed by atoms with Crippen molar-refractivity contribution in [2.45, 2.75) is 5.92 Å². The van der Waals surface area contributed by atoms with Crippen molar-refractivity contribution in [2.75, 3.05) is 7.11 Å². The minimum Gasteiger partial charge on any atom is -0.468 e. The maximum absolute atomic E-state index is 13.3. The molecule has 2 aromatic rings. The number of rotatable bonds is 5. The van der Waals surface area contributed by atoms with E-state index < -0.39 is 5.92 Å². The molecule has 0 spiro atoms. The van der Waals surface area contributed by atoms with Crippen LogP contribution in [0.5, 0.6) is 0 Å². The first-order valence-corrected chi connectivity index (χ1v) is 9.45. The zero-order valence-corrected chi connectivity index (χ0v) is 16.0. The number of methoxy groups -OCH3 is 1. The lowest BCUT2D eigenvalue weighted by Crippen LogP contribution is -2.15. The second-order valence-corrected chi connectivity index (χ2v) is 6.81. The second kappa shape index (κ2) is 8.11. The summed E-state index contributed by atoms with van der Waals surface area (Å²) in [4.78, 5) is 26.0. The van der Waals surface area contributed by atoms with Crippen LogP contribution in [-0.4, -0.2) is 18.9 Å². The van der Waals surface area contributed by atoms with Crippen LogP contribution < -0.4 is 0 Å². The molecule has 2 aromatic carbocycles. The molecular formula is C26H20O3. The van der Waals surface area contributed by atoms with Crippen LogP contribution >= 0.6 is 0 Å². The summed E-state index contributed by atoms with van der Waals surface area (Å²) in [5, 5.41) is 0. The lowest BCUT2D eigenvalue weighted by atomic mass is 9.90. The third kappa shape index (κ3) is 3.55. The fourth-order valence-electron chi connectivity index (χ4n) is 3.72. The van der Waals surface area contributed by atoms with Gasteiger partial charge in [-0.15, -0.1) is 0 Å². The zero-order chi connectivity index (χ0) is 20.2. The summed E-state index contributed by atoms with van der Waals surface area (Å²) in [6.45, 7) is 0. The first-order chi connectivity index (χ1) is 14.2. The van der Waals surface area contributed by atoms with Crippen molar-refractivity contribution >= 4 is 11.8 Å². The molecule has 4 rings (SSSR count). The highest BCUT2D eigenvalue weighted by Gasteiger charge is 2.31. The van der Waals surface area contributed by atoms with Crippen LogP contribution in [-0.2, 0) is 9.53 Å². The SMILES string of the molecule is COC(=O)C(c1ccccc1)c1cc(C(=O)c2ccccc2)c2cccccc1-2. The Labute approximate surface area is 169 Å². The van der Waals surface area contributed by atoms with E-state index in [1.54, 1.807) is 12.1 Å². The summed E-state index contributed by atoms with van der Waals surface area (Å²) in [5.74, 6) is -1.03. The third-order valence-corrected chi connectivity index (χ3v) is 5.10. The van der Waals surface area contributed by atoms with Gasteiger partial charge in [0.25, 0.3) is 0 Å². The summed E-state index contributed by atoms with van der Waals surface area (Å²) in [7, 11) is 1.39. The van der Waals surface area contributed by atoms with E-state index in [9.17, 15) is 9.59 Å². The topological polar surface area (TPSA) is 43.4 Å². The lowest BCUT2D eigenvalue weighted by molar-refractivity contribution is -0.141. The van der Waals surface area contributed by atoms with Crippen LogP contribution in [0.2, 0.25) is 0 Å². The Bertz CT molecular complexity index is 1120. The van der Waals surface area contributed by atoms with E-state index >= 15 is 0 Å². The molecule has 0 fully saturated rings. The molecule has 0 radical (unpaired) electrons. The van der Waals surface area contributed by atoms with Crippen molar-refractivity contribution in [1.82, 2.24) is 0 Å². The predicted molar refractivity (Wildman–Crippen MR) is 113 cm³/mol. The van der Waals surface area contributed by atoms with Gasteiger partial charge in [-0.1, -0.05) is 91.0 Å². The maximum atomic E-state index is 13.3. The maximum Gasteiger partial charge on any atom is 0.317 e. The number of hydrogen-bond donors (Lipinski definition) is 0. The highest BCUT2D eigenvalue weighted by molar-refractivity contribution is 6.14. The third-order valence-electron chi connectivity index (χ3n) is 5.10. The smallest absolute Gasteiger partial charge is 0.317 e. The molecule has 0 amide bonds. The quantitative estimate of drug-likeness (QED) is 0.347. The first kappa shape index (κ1) is 18.6. The summed E-state index contributed by atoms with van der Waals surface area (Å²) >= 11 is 0. The summed E-state index contributed by atoms with van der Waals surface area (Å²) in [5.41, 5.74) is 4.50. The van der Waals surface area contributed by atoms with E-state index in [-0.39, 0.29) is 11.8 Å². The van der Waals surface area contributed by atoms with E-state index in [4.69, 9.17) is 4.74 Å². The predicted octanol–water partition coefficient (Wildman–Crippen LogP) is 5.33. The molecule has 1 unspecified atom stereocenters. The van der Waals surface area contributed by atoms with Gasteiger partial charge in [0.15, 0.2) is 5.78 Å². The molecule has 0 saturated heterocycles. The highest BCUT2D eigenvalue weighted by atomic mass is 16.5. The fourth-order valence-corrected chi connectivity index (χ4v) is 3.72. The summed E-state index contributed by atoms with van der Waals surface area (Å²) < 4.78 is 5.12. The number of ketones is 1. The van der Waals surface area contributed by atoms with Gasteiger partial charge in [0.05, 0.1) is 7.11 Å². The molecule has 0 aliphatic heterocycles. The van der Waals surface area contributed by atoms with Gasteiger partial charge in [-0.2, -0.15) is 0 Å². The molecule has 0 aromatic heterocycles. The molecule has 2 aliphatic rings. The van der Waals surface area contributed by atoms with E-state index in [2.05, 4.69) is 0 Å². The van der Waals surface area contributed by atoms with Crippen LogP contribution in [0.15, 0.2) is 97.1 Å². The Morgan fingerprint density at radius 2 is 1.28 bits per heavy atom. The molecule has 0 bridgehead atoms. The van der Waals surface area contributed by atoms with E-state index in [1.807, 2.05) is 84.9 Å². The Hall–Kier alpha value is -3.72. The van der Waals surface area contributed by atoms with E-state index in [1.165, 1.54) is 7.11 Å². The highest BCUT2D eigenvalue weighted by Crippen LogP contribution is 2.40. The molecule has 142 valence electrons. The van der Waals surface area contributed by atoms with E-state index in [0.717, 1.165) is 22.3 Å². The Morgan fingerprint density at radius 1 is 0.724 bits per heavy atom. The molecular weight excluding hydrogens is 360 g/mol. The number of esters is 1. The molecule has 3 nitrogen and oxygen atoms in total. The standard InChI is InChI=1S/C26H20O3/c1-29-26(28)24(18-11-5-2-6-12-18)22-17-23(21-16-10-4-9-15-20(21)22)25(27)19-13-7-3-8-14-19/h2-17,24H,1H3.